The van der Waals surface area contributed by atoms with Crippen molar-refractivity contribution in [3.63, 3.8) is 0 Å². The van der Waals surface area contributed by atoms with Gasteiger partial charge in [0.15, 0.2) is 17.5 Å². The molecule has 0 N–H and O–H groups in total. The molecule has 3 unspecified atom stereocenters. The summed E-state index contributed by atoms with van der Waals surface area (Å²) in [6.07, 6.45) is 9.19. The van der Waals surface area contributed by atoms with Crippen molar-refractivity contribution in [1.82, 2.24) is 15.0 Å². The Labute approximate surface area is 334 Å². The molecule has 1 spiro atoms. The molecule has 7 aromatic carbocycles. The summed E-state index contributed by atoms with van der Waals surface area (Å²) in [5.41, 5.74) is 9.73. The van der Waals surface area contributed by atoms with E-state index >= 15 is 0 Å². The van der Waals surface area contributed by atoms with Gasteiger partial charge >= 0.3 is 0 Å². The lowest BCUT2D eigenvalue weighted by atomic mass is 9.61. The van der Waals surface area contributed by atoms with Crippen LogP contribution < -0.4 is 4.74 Å². The van der Waals surface area contributed by atoms with Crippen LogP contribution in [0.1, 0.15) is 28.2 Å². The number of aromatic nitrogens is 3. The lowest BCUT2D eigenvalue weighted by Crippen LogP contribution is -2.37. The molecule has 2 aliphatic carbocycles. The summed E-state index contributed by atoms with van der Waals surface area (Å²) in [7, 11) is 0. The highest BCUT2D eigenvalue weighted by atomic mass is 32.1. The fourth-order valence-corrected chi connectivity index (χ4v) is 10.8. The third kappa shape index (κ3) is 4.82. The molecule has 0 fully saturated rings. The molecular weight excluding hydrogens is 715 g/mol. The number of rotatable bonds is 4. The van der Waals surface area contributed by atoms with E-state index in [9.17, 15) is 0 Å². The summed E-state index contributed by atoms with van der Waals surface area (Å²) in [5.74, 6) is 4.25. The minimum atomic E-state index is -0.392. The van der Waals surface area contributed by atoms with Crippen LogP contribution in [0.15, 0.2) is 188 Å². The van der Waals surface area contributed by atoms with Gasteiger partial charge in [0.2, 0.25) is 0 Å². The van der Waals surface area contributed by atoms with Crippen molar-refractivity contribution in [3.05, 3.63) is 210 Å². The van der Waals surface area contributed by atoms with Crippen molar-refractivity contribution in [2.24, 2.45) is 5.92 Å². The van der Waals surface area contributed by atoms with E-state index in [2.05, 4.69) is 170 Å². The second-order valence-corrected chi connectivity index (χ2v) is 16.1. The molecule has 0 saturated heterocycles. The molecule has 0 radical (unpaired) electrons. The Morgan fingerprint density at radius 2 is 1.11 bits per heavy atom. The largest absolute Gasteiger partial charge is 0.456 e. The fourth-order valence-electron chi connectivity index (χ4n) is 9.63. The van der Waals surface area contributed by atoms with E-state index in [4.69, 9.17) is 19.7 Å². The second kappa shape index (κ2) is 12.5. The van der Waals surface area contributed by atoms with E-state index in [1.165, 1.54) is 42.4 Å². The Kier molecular flexibility index (Phi) is 7.10. The molecule has 57 heavy (non-hydrogen) atoms. The fraction of sp³-hybridized carbons (Fsp3) is 0.0577. The summed E-state index contributed by atoms with van der Waals surface area (Å²) in [6, 6.07) is 58.1. The van der Waals surface area contributed by atoms with Crippen molar-refractivity contribution in [2.45, 2.75) is 11.3 Å². The minimum absolute atomic E-state index is 0.220. The molecule has 3 heterocycles. The summed E-state index contributed by atoms with van der Waals surface area (Å²) >= 11 is 1.80. The molecule has 268 valence electrons. The highest BCUT2D eigenvalue weighted by molar-refractivity contribution is 7.25. The third-order valence-corrected chi connectivity index (χ3v) is 13.2. The van der Waals surface area contributed by atoms with Crippen molar-refractivity contribution in [1.29, 1.82) is 0 Å². The monoisotopic (exact) mass is 747 g/mol. The van der Waals surface area contributed by atoms with Crippen LogP contribution in [0.2, 0.25) is 0 Å². The van der Waals surface area contributed by atoms with E-state index in [1.54, 1.807) is 11.3 Å². The third-order valence-electron chi connectivity index (χ3n) is 12.1. The Morgan fingerprint density at radius 1 is 0.474 bits per heavy atom. The Balaban J connectivity index is 0.983. The average molecular weight is 748 g/mol. The van der Waals surface area contributed by atoms with E-state index in [0.717, 1.165) is 39.3 Å². The van der Waals surface area contributed by atoms with Gasteiger partial charge < -0.3 is 4.74 Å². The van der Waals surface area contributed by atoms with Gasteiger partial charge in [-0.2, -0.15) is 0 Å². The number of para-hydroxylation sites is 2. The standard InChI is InChI=1S/C52H33N3OS/c1-2-13-33(14-3-1)49-53-50(55-51(54-49)35-29-30-40-39-17-6-11-24-46(39)57-47(40)31-35)34-27-25-32(26-28-34)36-18-12-22-44-48(36)56-45-23-10-9-21-43(45)52(44)41-19-7-4-15-37(41)38-16-5-8-20-42(38)52/h1-31,37,41H. The lowest BCUT2D eigenvalue weighted by molar-refractivity contribution is 0.375. The molecule has 3 atom stereocenters. The molecular formula is C52H33N3OS. The van der Waals surface area contributed by atoms with Gasteiger partial charge in [-0.3, -0.25) is 0 Å². The first-order valence-corrected chi connectivity index (χ1v) is 20.2. The summed E-state index contributed by atoms with van der Waals surface area (Å²) < 4.78 is 9.45. The molecule has 2 aromatic heterocycles. The van der Waals surface area contributed by atoms with Crippen LogP contribution in [-0.4, -0.2) is 15.0 Å². The van der Waals surface area contributed by atoms with Crippen LogP contribution in [0, 0.1) is 5.92 Å². The van der Waals surface area contributed by atoms with Gasteiger partial charge in [0.25, 0.3) is 0 Å². The molecule has 0 saturated carbocycles. The Bertz CT molecular complexity index is 3130. The lowest BCUT2D eigenvalue weighted by Gasteiger charge is -2.43. The van der Waals surface area contributed by atoms with Crippen LogP contribution in [0.4, 0.5) is 0 Å². The highest BCUT2D eigenvalue weighted by Gasteiger charge is 2.56. The van der Waals surface area contributed by atoms with Gasteiger partial charge in [0, 0.05) is 65.4 Å². The first-order valence-electron chi connectivity index (χ1n) is 19.4. The number of hydrogen-bond donors (Lipinski definition) is 0. The molecule has 3 aliphatic rings. The van der Waals surface area contributed by atoms with Crippen LogP contribution in [0.25, 0.3) is 65.5 Å². The Hall–Kier alpha value is -6.95. The number of hydrogen-bond acceptors (Lipinski definition) is 5. The number of thiophene rings is 1. The van der Waals surface area contributed by atoms with Crippen LogP contribution >= 0.6 is 11.3 Å². The van der Waals surface area contributed by atoms with Gasteiger partial charge in [-0.05, 0) is 34.9 Å². The predicted molar refractivity (Wildman–Crippen MR) is 232 cm³/mol. The van der Waals surface area contributed by atoms with Crippen LogP contribution in [0.3, 0.4) is 0 Å². The number of fused-ring (bicyclic) bond motifs is 12. The number of nitrogens with zero attached hydrogens (tertiary/aromatic N) is 3. The summed E-state index contributed by atoms with van der Waals surface area (Å²) in [4.78, 5) is 15.2. The molecule has 0 amide bonds. The molecule has 5 heteroatoms. The molecule has 4 nitrogen and oxygen atoms in total. The molecule has 0 bridgehead atoms. The summed E-state index contributed by atoms with van der Waals surface area (Å²) in [5, 5.41) is 2.52. The van der Waals surface area contributed by atoms with Crippen molar-refractivity contribution < 1.29 is 4.74 Å². The normalized spacial score (nSPS) is 18.6. The molecule has 1 aliphatic heterocycles. The highest BCUT2D eigenvalue weighted by Crippen LogP contribution is 2.65. The van der Waals surface area contributed by atoms with E-state index in [1.807, 2.05) is 18.2 Å². The summed E-state index contributed by atoms with van der Waals surface area (Å²) in [6.45, 7) is 0. The first-order chi connectivity index (χ1) is 28.2. The van der Waals surface area contributed by atoms with Crippen molar-refractivity contribution in [2.75, 3.05) is 0 Å². The van der Waals surface area contributed by atoms with Gasteiger partial charge in [-0.1, -0.05) is 170 Å². The van der Waals surface area contributed by atoms with Gasteiger partial charge in [0.1, 0.15) is 11.5 Å². The van der Waals surface area contributed by atoms with E-state index in [0.29, 0.717) is 17.5 Å². The zero-order valence-electron chi connectivity index (χ0n) is 30.7. The van der Waals surface area contributed by atoms with E-state index < -0.39 is 5.41 Å². The molecule has 12 rings (SSSR count). The maximum Gasteiger partial charge on any atom is 0.164 e. The zero-order valence-corrected chi connectivity index (χ0v) is 31.5. The topological polar surface area (TPSA) is 47.9 Å². The predicted octanol–water partition coefficient (Wildman–Crippen LogP) is 13.2. The second-order valence-electron chi connectivity index (χ2n) is 15.1. The minimum Gasteiger partial charge on any atom is -0.456 e. The maximum atomic E-state index is 6.96. The first kappa shape index (κ1) is 32.3. The smallest absolute Gasteiger partial charge is 0.164 e. The van der Waals surface area contributed by atoms with Gasteiger partial charge in [-0.15, -0.1) is 11.3 Å². The van der Waals surface area contributed by atoms with Crippen molar-refractivity contribution >= 4 is 31.5 Å². The number of benzene rings is 7. The van der Waals surface area contributed by atoms with Crippen molar-refractivity contribution in [3.8, 4) is 56.8 Å². The molecule has 9 aromatic rings. The van der Waals surface area contributed by atoms with Gasteiger partial charge in [0.05, 0.1) is 5.41 Å². The SMILES string of the molecule is C1=CC2c3ccccc3C3(c4ccccc4Oc4c(-c5ccc(-c6nc(-c7ccccc7)nc(-c7ccc8c(c7)sc7ccccc78)n6)cc5)cccc43)C2C=C1. The average Bonchev–Trinajstić information content (AvgIpc) is 3.80. The maximum absolute atomic E-state index is 6.96. The number of ether oxygens (including phenoxy) is 1. The number of allylic oxidation sites excluding steroid dienone is 4. The van der Waals surface area contributed by atoms with Crippen LogP contribution in [0.5, 0.6) is 11.5 Å². The van der Waals surface area contributed by atoms with Crippen LogP contribution in [-0.2, 0) is 5.41 Å². The Morgan fingerprint density at radius 3 is 1.96 bits per heavy atom. The quantitative estimate of drug-likeness (QED) is 0.180. The van der Waals surface area contributed by atoms with Gasteiger partial charge in [-0.25, -0.2) is 15.0 Å². The van der Waals surface area contributed by atoms with E-state index in [-0.39, 0.29) is 11.8 Å². The zero-order chi connectivity index (χ0) is 37.5.